The second-order valence-corrected chi connectivity index (χ2v) is 6.54. The van der Waals surface area contributed by atoms with E-state index in [1.54, 1.807) is 42.7 Å². The minimum Gasteiger partial charge on any atom is -0.456 e. The van der Waals surface area contributed by atoms with E-state index < -0.39 is 0 Å². The molecule has 1 aromatic carbocycles. The molecular formula is C18H17ClN2O3. The van der Waals surface area contributed by atoms with Crippen LogP contribution < -0.4 is 10.1 Å². The molecule has 0 spiro atoms. The van der Waals surface area contributed by atoms with Crippen molar-refractivity contribution in [2.24, 2.45) is 5.92 Å². The third kappa shape index (κ3) is 3.09. The maximum Gasteiger partial charge on any atom is 0.230 e. The number of hydrogen-bond acceptors (Lipinski definition) is 4. The van der Waals surface area contributed by atoms with E-state index >= 15 is 0 Å². The summed E-state index contributed by atoms with van der Waals surface area (Å²) < 4.78 is 11.4. The number of carbonyl (C=O) groups excluding carboxylic acids is 1. The number of amides is 1. The van der Waals surface area contributed by atoms with E-state index in [4.69, 9.17) is 21.1 Å². The van der Waals surface area contributed by atoms with Crippen molar-refractivity contribution in [3.63, 3.8) is 0 Å². The maximum absolute atomic E-state index is 12.4. The SMILES string of the molecule is O=C(Nc1ccc(Oc2ccncc2)c(Cl)c1)C1CC2CCC1O2. The van der Waals surface area contributed by atoms with Gasteiger partial charge in [0.05, 0.1) is 23.1 Å². The van der Waals surface area contributed by atoms with Crippen LogP contribution in [0.2, 0.25) is 5.02 Å². The van der Waals surface area contributed by atoms with Crippen LogP contribution in [0.1, 0.15) is 19.3 Å². The summed E-state index contributed by atoms with van der Waals surface area (Å²) in [5, 5.41) is 3.37. The smallest absolute Gasteiger partial charge is 0.230 e. The van der Waals surface area contributed by atoms with E-state index in [9.17, 15) is 4.79 Å². The van der Waals surface area contributed by atoms with Gasteiger partial charge in [0, 0.05) is 18.1 Å². The van der Waals surface area contributed by atoms with Crippen LogP contribution in [0, 0.1) is 5.92 Å². The summed E-state index contributed by atoms with van der Waals surface area (Å²) in [6.45, 7) is 0. The number of hydrogen-bond donors (Lipinski definition) is 1. The Hall–Kier alpha value is -2.11. The molecule has 2 saturated heterocycles. The van der Waals surface area contributed by atoms with Crippen LogP contribution in [0.4, 0.5) is 5.69 Å². The first kappa shape index (κ1) is 15.4. The highest BCUT2D eigenvalue weighted by molar-refractivity contribution is 6.32. The van der Waals surface area contributed by atoms with Gasteiger partial charge in [-0.25, -0.2) is 0 Å². The molecule has 2 aromatic rings. The fraction of sp³-hybridized carbons (Fsp3) is 0.333. The van der Waals surface area contributed by atoms with E-state index in [1.807, 2.05) is 0 Å². The molecule has 4 rings (SSSR count). The highest BCUT2D eigenvalue weighted by atomic mass is 35.5. The molecule has 5 nitrogen and oxygen atoms in total. The van der Waals surface area contributed by atoms with Crippen molar-refractivity contribution in [2.75, 3.05) is 5.32 Å². The fourth-order valence-electron chi connectivity index (χ4n) is 3.34. The van der Waals surface area contributed by atoms with Crippen molar-refractivity contribution in [3.05, 3.63) is 47.7 Å². The summed E-state index contributed by atoms with van der Waals surface area (Å²) in [5.74, 6) is 1.13. The molecule has 3 atom stereocenters. The predicted octanol–water partition coefficient (Wildman–Crippen LogP) is 4.03. The minimum atomic E-state index is -0.0599. The molecule has 0 aliphatic carbocycles. The number of nitrogens with zero attached hydrogens (tertiary/aromatic N) is 1. The Labute approximate surface area is 144 Å². The zero-order valence-electron chi connectivity index (χ0n) is 12.9. The molecule has 2 fully saturated rings. The van der Waals surface area contributed by atoms with E-state index in [2.05, 4.69) is 10.3 Å². The van der Waals surface area contributed by atoms with Crippen molar-refractivity contribution < 1.29 is 14.3 Å². The second kappa shape index (κ2) is 6.42. The van der Waals surface area contributed by atoms with Crippen LogP contribution in [0.25, 0.3) is 0 Å². The first-order valence-electron chi connectivity index (χ1n) is 8.03. The molecule has 2 aliphatic heterocycles. The zero-order chi connectivity index (χ0) is 16.5. The van der Waals surface area contributed by atoms with E-state index in [-0.39, 0.29) is 24.0 Å². The number of ether oxygens (including phenoxy) is 2. The lowest BCUT2D eigenvalue weighted by Crippen LogP contribution is -2.30. The summed E-state index contributed by atoms with van der Waals surface area (Å²) in [6, 6.07) is 8.73. The highest BCUT2D eigenvalue weighted by Crippen LogP contribution is 2.39. The molecule has 124 valence electrons. The van der Waals surface area contributed by atoms with Gasteiger partial charge in [0.1, 0.15) is 11.5 Å². The largest absolute Gasteiger partial charge is 0.456 e. The standard InChI is InChI=1S/C18H17ClN2O3/c19-15-9-11(1-3-17(15)23-12-5-7-20-8-6-12)21-18(22)14-10-13-2-4-16(14)24-13/h1,3,5-9,13-14,16H,2,4,10H2,(H,21,22). The second-order valence-electron chi connectivity index (χ2n) is 6.14. The fourth-order valence-corrected chi connectivity index (χ4v) is 3.56. The Morgan fingerprint density at radius 3 is 2.75 bits per heavy atom. The van der Waals surface area contributed by atoms with Gasteiger partial charge >= 0.3 is 0 Å². The zero-order valence-corrected chi connectivity index (χ0v) is 13.7. The summed E-state index contributed by atoms with van der Waals surface area (Å²) in [6.07, 6.45) is 6.48. The molecule has 0 saturated carbocycles. The molecule has 3 unspecified atom stereocenters. The maximum atomic E-state index is 12.4. The summed E-state index contributed by atoms with van der Waals surface area (Å²) in [7, 11) is 0. The van der Waals surface area contributed by atoms with Crippen LogP contribution in [0.3, 0.4) is 0 Å². The van der Waals surface area contributed by atoms with Gasteiger partial charge in [-0.3, -0.25) is 9.78 Å². The van der Waals surface area contributed by atoms with Crippen LogP contribution in [-0.2, 0) is 9.53 Å². The average Bonchev–Trinajstić information content (AvgIpc) is 3.21. The van der Waals surface area contributed by atoms with Crippen LogP contribution >= 0.6 is 11.6 Å². The van der Waals surface area contributed by atoms with E-state index in [0.717, 1.165) is 19.3 Å². The third-order valence-corrected chi connectivity index (χ3v) is 4.82. The lowest BCUT2D eigenvalue weighted by molar-refractivity contribution is -0.121. The number of aromatic nitrogens is 1. The van der Waals surface area contributed by atoms with Gasteiger partial charge in [-0.05, 0) is 49.6 Å². The molecule has 0 radical (unpaired) electrons. The molecular weight excluding hydrogens is 328 g/mol. The van der Waals surface area contributed by atoms with E-state index in [0.29, 0.717) is 22.2 Å². The molecule has 1 aromatic heterocycles. The number of benzene rings is 1. The summed E-state index contributed by atoms with van der Waals surface area (Å²) in [5.41, 5.74) is 0.662. The van der Waals surface area contributed by atoms with Crippen molar-refractivity contribution in [2.45, 2.75) is 31.5 Å². The van der Waals surface area contributed by atoms with Crippen LogP contribution in [0.15, 0.2) is 42.7 Å². The normalized spacial score (nSPS) is 24.8. The van der Waals surface area contributed by atoms with Gasteiger partial charge in [-0.15, -0.1) is 0 Å². The molecule has 1 N–H and O–H groups in total. The van der Waals surface area contributed by atoms with Gasteiger partial charge < -0.3 is 14.8 Å². The van der Waals surface area contributed by atoms with Crippen molar-refractivity contribution in [1.29, 1.82) is 0 Å². The summed E-state index contributed by atoms with van der Waals surface area (Å²) in [4.78, 5) is 16.4. The first-order valence-corrected chi connectivity index (χ1v) is 8.40. The number of fused-ring (bicyclic) bond motifs is 2. The topological polar surface area (TPSA) is 60.5 Å². The Kier molecular flexibility index (Phi) is 4.12. The Morgan fingerprint density at radius 1 is 1.25 bits per heavy atom. The van der Waals surface area contributed by atoms with Gasteiger partial charge in [0.2, 0.25) is 5.91 Å². The minimum absolute atomic E-state index is 0.000990. The first-order chi connectivity index (χ1) is 11.7. The molecule has 3 heterocycles. The van der Waals surface area contributed by atoms with Crippen LogP contribution in [-0.4, -0.2) is 23.1 Å². The Balaban J connectivity index is 1.43. The highest BCUT2D eigenvalue weighted by Gasteiger charge is 2.44. The number of pyridine rings is 1. The van der Waals surface area contributed by atoms with Crippen molar-refractivity contribution in [1.82, 2.24) is 4.98 Å². The summed E-state index contributed by atoms with van der Waals surface area (Å²) >= 11 is 6.27. The molecule has 6 heteroatoms. The van der Waals surface area contributed by atoms with Crippen molar-refractivity contribution >= 4 is 23.2 Å². The quantitative estimate of drug-likeness (QED) is 0.909. The molecule has 2 bridgehead atoms. The number of anilines is 1. The monoisotopic (exact) mass is 344 g/mol. The van der Waals surface area contributed by atoms with Gasteiger partial charge in [-0.2, -0.15) is 0 Å². The average molecular weight is 345 g/mol. The lowest BCUT2D eigenvalue weighted by Gasteiger charge is -2.18. The number of carbonyl (C=O) groups is 1. The molecule has 1 amide bonds. The number of rotatable bonds is 4. The molecule has 2 aliphatic rings. The van der Waals surface area contributed by atoms with Crippen LogP contribution in [0.5, 0.6) is 11.5 Å². The van der Waals surface area contributed by atoms with Crippen molar-refractivity contribution in [3.8, 4) is 11.5 Å². The third-order valence-electron chi connectivity index (χ3n) is 4.52. The predicted molar refractivity (Wildman–Crippen MR) is 90.4 cm³/mol. The van der Waals surface area contributed by atoms with E-state index in [1.165, 1.54) is 0 Å². The number of halogens is 1. The van der Waals surface area contributed by atoms with Gasteiger partial charge in [0.15, 0.2) is 0 Å². The number of nitrogens with one attached hydrogen (secondary N) is 1. The molecule has 24 heavy (non-hydrogen) atoms. The lowest BCUT2D eigenvalue weighted by atomic mass is 9.88. The van der Waals surface area contributed by atoms with Gasteiger partial charge in [0.25, 0.3) is 0 Å². The Morgan fingerprint density at radius 2 is 2.08 bits per heavy atom. The Bertz CT molecular complexity index is 753. The van der Waals surface area contributed by atoms with Gasteiger partial charge in [-0.1, -0.05) is 11.6 Å².